The third-order valence-corrected chi connectivity index (χ3v) is 4.44. The van der Waals surface area contributed by atoms with E-state index < -0.39 is 23.8 Å². The van der Waals surface area contributed by atoms with Crippen molar-refractivity contribution in [3.05, 3.63) is 95.1 Å². The first-order chi connectivity index (χ1) is 14.0. The maximum absolute atomic E-state index is 12.8. The lowest BCUT2D eigenvalue weighted by Crippen LogP contribution is -2.29. The fourth-order valence-corrected chi connectivity index (χ4v) is 3.00. The number of benzene rings is 3. The molecule has 142 valence electrons. The van der Waals surface area contributed by atoms with E-state index in [0.717, 1.165) is 4.90 Å². The number of carboxylic acid groups (broad SMARTS) is 1. The molecule has 0 spiro atoms. The van der Waals surface area contributed by atoms with E-state index in [2.05, 4.69) is 0 Å². The molecule has 4 rings (SSSR count). The number of fused-ring (bicyclic) bond motifs is 1. The molecule has 0 fully saturated rings. The van der Waals surface area contributed by atoms with Gasteiger partial charge in [0.2, 0.25) is 0 Å². The van der Waals surface area contributed by atoms with Crippen LogP contribution in [0.3, 0.4) is 0 Å². The molecule has 0 N–H and O–H groups in total. The first-order valence-corrected chi connectivity index (χ1v) is 8.57. The van der Waals surface area contributed by atoms with Gasteiger partial charge >= 0.3 is 5.97 Å². The lowest BCUT2D eigenvalue weighted by molar-refractivity contribution is -0.255. The molecule has 0 aromatic heterocycles. The molecule has 7 heteroatoms. The molecule has 1 heterocycles. The number of amides is 2. The topological polar surface area (TPSA) is 104 Å². The van der Waals surface area contributed by atoms with Gasteiger partial charge < -0.3 is 14.6 Å². The lowest BCUT2D eigenvalue weighted by atomic mass is 10.1. The molecule has 0 radical (unpaired) electrons. The van der Waals surface area contributed by atoms with Crippen LogP contribution in [-0.4, -0.2) is 23.8 Å². The van der Waals surface area contributed by atoms with Crippen LogP contribution in [0.15, 0.2) is 72.8 Å². The molecular formula is C22H12NO6-. The van der Waals surface area contributed by atoms with Gasteiger partial charge in [-0.2, -0.15) is 0 Å². The van der Waals surface area contributed by atoms with Crippen molar-refractivity contribution in [1.82, 2.24) is 0 Å². The van der Waals surface area contributed by atoms with Gasteiger partial charge in [0.05, 0.1) is 28.3 Å². The maximum Gasteiger partial charge on any atom is 0.343 e. The molecule has 0 atom stereocenters. The van der Waals surface area contributed by atoms with Gasteiger partial charge in [0.25, 0.3) is 11.8 Å². The first-order valence-electron chi connectivity index (χ1n) is 8.57. The fraction of sp³-hybridized carbons (Fsp3) is 0. The zero-order valence-corrected chi connectivity index (χ0v) is 14.8. The molecule has 0 bridgehead atoms. The van der Waals surface area contributed by atoms with E-state index in [-0.39, 0.29) is 27.9 Å². The Morgan fingerprint density at radius 2 is 1.38 bits per heavy atom. The number of imide groups is 1. The van der Waals surface area contributed by atoms with Crippen LogP contribution in [0.5, 0.6) is 5.75 Å². The summed E-state index contributed by atoms with van der Waals surface area (Å²) in [7, 11) is 0. The number of para-hydroxylation sites is 1. The standard InChI is InChI=1S/C22H13NO6/c24-19-17-11-8-14(22(28)29-16-4-2-1-3-5-16)12-18(17)20(25)23(19)15-9-6-13(7-10-15)21(26)27/h1-12H,(H,26,27)/p-1. The van der Waals surface area contributed by atoms with E-state index in [9.17, 15) is 24.3 Å². The number of aromatic carboxylic acids is 1. The highest BCUT2D eigenvalue weighted by Crippen LogP contribution is 2.29. The molecule has 0 unspecified atom stereocenters. The number of esters is 1. The molecule has 1 aliphatic heterocycles. The molecule has 0 saturated carbocycles. The molecule has 0 saturated heterocycles. The summed E-state index contributed by atoms with van der Waals surface area (Å²) in [5.74, 6) is -2.83. The Morgan fingerprint density at radius 1 is 0.759 bits per heavy atom. The van der Waals surface area contributed by atoms with E-state index in [1.165, 1.54) is 42.5 Å². The number of ether oxygens (including phenoxy) is 1. The number of hydrogen-bond acceptors (Lipinski definition) is 6. The quantitative estimate of drug-likeness (QED) is 0.386. The summed E-state index contributed by atoms with van der Waals surface area (Å²) in [6.45, 7) is 0. The summed E-state index contributed by atoms with van der Waals surface area (Å²) < 4.78 is 5.26. The third-order valence-electron chi connectivity index (χ3n) is 4.44. The molecule has 29 heavy (non-hydrogen) atoms. The largest absolute Gasteiger partial charge is 0.545 e. The van der Waals surface area contributed by atoms with Crippen molar-refractivity contribution in [2.45, 2.75) is 0 Å². The summed E-state index contributed by atoms with van der Waals surface area (Å²) in [5, 5.41) is 10.9. The number of carboxylic acids is 1. The summed E-state index contributed by atoms with van der Waals surface area (Å²) in [5.41, 5.74) is 0.491. The fourth-order valence-electron chi connectivity index (χ4n) is 3.00. The van der Waals surface area contributed by atoms with Gasteiger partial charge in [0.1, 0.15) is 5.75 Å². The Bertz CT molecular complexity index is 1150. The summed E-state index contributed by atoms with van der Waals surface area (Å²) in [6.07, 6.45) is 0. The zero-order chi connectivity index (χ0) is 20.5. The Balaban J connectivity index is 1.62. The predicted molar refractivity (Wildman–Crippen MR) is 99.8 cm³/mol. The minimum atomic E-state index is -1.36. The smallest absolute Gasteiger partial charge is 0.343 e. The second-order valence-corrected chi connectivity index (χ2v) is 6.24. The lowest BCUT2D eigenvalue weighted by Gasteiger charge is -2.14. The van der Waals surface area contributed by atoms with E-state index >= 15 is 0 Å². The summed E-state index contributed by atoms with van der Waals surface area (Å²) >= 11 is 0. The van der Waals surface area contributed by atoms with Crippen LogP contribution in [0.2, 0.25) is 0 Å². The van der Waals surface area contributed by atoms with Crippen LogP contribution >= 0.6 is 0 Å². The highest BCUT2D eigenvalue weighted by atomic mass is 16.5. The van der Waals surface area contributed by atoms with Crippen molar-refractivity contribution < 1.29 is 29.0 Å². The maximum atomic E-state index is 12.8. The van der Waals surface area contributed by atoms with Crippen LogP contribution in [-0.2, 0) is 0 Å². The minimum Gasteiger partial charge on any atom is -0.545 e. The highest BCUT2D eigenvalue weighted by Gasteiger charge is 2.37. The molecular weight excluding hydrogens is 374 g/mol. The third kappa shape index (κ3) is 3.25. The first kappa shape index (κ1) is 18.1. The molecule has 1 aliphatic rings. The zero-order valence-electron chi connectivity index (χ0n) is 14.8. The summed E-state index contributed by atoms with van der Waals surface area (Å²) in [4.78, 5) is 49.6. The average molecular weight is 386 g/mol. The second kappa shape index (κ2) is 7.05. The number of nitrogens with zero attached hydrogens (tertiary/aromatic N) is 1. The van der Waals surface area contributed by atoms with Crippen molar-refractivity contribution >= 4 is 29.4 Å². The number of carbonyl (C=O) groups excluding carboxylic acids is 4. The van der Waals surface area contributed by atoms with Crippen molar-refractivity contribution in [2.75, 3.05) is 4.90 Å². The van der Waals surface area contributed by atoms with Crippen LogP contribution in [0.1, 0.15) is 41.4 Å². The number of rotatable bonds is 4. The minimum absolute atomic E-state index is 0.0708. The molecule has 2 amide bonds. The number of hydrogen-bond donors (Lipinski definition) is 0. The predicted octanol–water partition coefficient (Wildman–Crippen LogP) is 2.07. The van der Waals surface area contributed by atoms with Gasteiger partial charge in [-0.25, -0.2) is 9.69 Å². The second-order valence-electron chi connectivity index (χ2n) is 6.24. The van der Waals surface area contributed by atoms with Crippen molar-refractivity contribution in [1.29, 1.82) is 0 Å². The van der Waals surface area contributed by atoms with Crippen LogP contribution < -0.4 is 14.7 Å². The monoisotopic (exact) mass is 386 g/mol. The van der Waals surface area contributed by atoms with Gasteiger partial charge in [-0.15, -0.1) is 0 Å². The molecule has 0 aliphatic carbocycles. The van der Waals surface area contributed by atoms with Gasteiger partial charge in [-0.05, 0) is 48.0 Å². The molecule has 3 aromatic carbocycles. The van der Waals surface area contributed by atoms with E-state index in [4.69, 9.17) is 4.74 Å². The normalized spacial score (nSPS) is 12.6. The van der Waals surface area contributed by atoms with Crippen LogP contribution in [0, 0.1) is 0 Å². The van der Waals surface area contributed by atoms with Gasteiger partial charge in [0, 0.05) is 0 Å². The Morgan fingerprint density at radius 3 is 2.03 bits per heavy atom. The average Bonchev–Trinajstić information content (AvgIpc) is 2.98. The van der Waals surface area contributed by atoms with Gasteiger partial charge in [-0.3, -0.25) is 9.59 Å². The Hall–Kier alpha value is -4.26. The Kier molecular flexibility index (Phi) is 4.40. The number of anilines is 1. The van der Waals surface area contributed by atoms with Gasteiger partial charge in [-0.1, -0.05) is 30.3 Å². The SMILES string of the molecule is O=C([O-])c1ccc(N2C(=O)c3ccc(C(=O)Oc4ccccc4)cc3C2=O)cc1. The molecule has 7 nitrogen and oxygen atoms in total. The van der Waals surface area contributed by atoms with E-state index in [0.29, 0.717) is 5.75 Å². The van der Waals surface area contributed by atoms with Crippen molar-refractivity contribution in [3.8, 4) is 5.75 Å². The van der Waals surface area contributed by atoms with E-state index in [1.54, 1.807) is 30.3 Å². The van der Waals surface area contributed by atoms with Crippen LogP contribution in [0.4, 0.5) is 5.69 Å². The van der Waals surface area contributed by atoms with Gasteiger partial charge in [0.15, 0.2) is 0 Å². The van der Waals surface area contributed by atoms with E-state index in [1.807, 2.05) is 0 Å². The van der Waals surface area contributed by atoms with Crippen molar-refractivity contribution in [2.24, 2.45) is 0 Å². The summed E-state index contributed by atoms with van der Waals surface area (Å²) in [6, 6.07) is 17.8. The van der Waals surface area contributed by atoms with Crippen molar-refractivity contribution in [3.63, 3.8) is 0 Å². The number of carbonyl (C=O) groups is 4. The highest BCUT2D eigenvalue weighted by molar-refractivity contribution is 6.34. The molecule has 3 aromatic rings. The van der Waals surface area contributed by atoms with Crippen LogP contribution in [0.25, 0.3) is 0 Å². The Labute approximate surface area is 164 Å².